The quantitative estimate of drug-likeness (QED) is 0.448. The van der Waals surface area contributed by atoms with E-state index in [4.69, 9.17) is 4.98 Å². The van der Waals surface area contributed by atoms with Crippen molar-refractivity contribution in [3.8, 4) is 21.7 Å². The number of aldehydes is 1. The molecule has 1 fully saturated rings. The Balaban J connectivity index is 1.38. The maximum atomic E-state index is 13.7. The van der Waals surface area contributed by atoms with Crippen molar-refractivity contribution < 1.29 is 9.59 Å². The third-order valence-electron chi connectivity index (χ3n) is 6.13. The standard InChI is InChI=1S/C25H20N4O2S/c30-14-17-12-16-10-11-29(22-7-2-1-4-18(22)24(16)32-17)25(31)21-6-3-5-20(27-21)19-13-26-28-23(19)15-8-9-15/h1-7,12-15H,8-11H2,(H,26,28). The molecule has 4 aromatic rings. The van der Waals surface area contributed by atoms with Crippen molar-refractivity contribution in [2.75, 3.05) is 11.4 Å². The lowest BCUT2D eigenvalue weighted by Crippen LogP contribution is -2.33. The maximum Gasteiger partial charge on any atom is 0.276 e. The van der Waals surface area contributed by atoms with Gasteiger partial charge in [0.15, 0.2) is 6.29 Å². The van der Waals surface area contributed by atoms with E-state index < -0.39 is 0 Å². The van der Waals surface area contributed by atoms with Gasteiger partial charge in [-0.3, -0.25) is 14.7 Å². The summed E-state index contributed by atoms with van der Waals surface area (Å²) in [6, 6.07) is 15.4. The minimum atomic E-state index is -0.124. The van der Waals surface area contributed by atoms with Gasteiger partial charge in [0.25, 0.3) is 5.91 Å². The van der Waals surface area contributed by atoms with E-state index in [2.05, 4.69) is 10.2 Å². The summed E-state index contributed by atoms with van der Waals surface area (Å²) in [6.07, 6.45) is 5.70. The van der Waals surface area contributed by atoms with E-state index in [0.717, 1.165) is 57.8 Å². The van der Waals surface area contributed by atoms with Crippen LogP contribution in [0.1, 0.15) is 50.2 Å². The van der Waals surface area contributed by atoms with E-state index in [1.807, 2.05) is 47.4 Å². The number of benzene rings is 1. The van der Waals surface area contributed by atoms with Crippen molar-refractivity contribution in [2.24, 2.45) is 0 Å². The molecule has 1 saturated carbocycles. The van der Waals surface area contributed by atoms with E-state index >= 15 is 0 Å². The third kappa shape index (κ3) is 3.17. The van der Waals surface area contributed by atoms with E-state index in [1.54, 1.807) is 12.3 Å². The van der Waals surface area contributed by atoms with Gasteiger partial charge in [-0.1, -0.05) is 24.3 Å². The average molecular weight is 441 g/mol. The molecule has 0 unspecified atom stereocenters. The molecule has 0 atom stereocenters. The molecule has 4 heterocycles. The minimum absolute atomic E-state index is 0.124. The van der Waals surface area contributed by atoms with E-state index in [1.165, 1.54) is 11.3 Å². The van der Waals surface area contributed by atoms with Crippen LogP contribution in [0.2, 0.25) is 0 Å². The summed E-state index contributed by atoms with van der Waals surface area (Å²) in [5.74, 6) is 0.392. The van der Waals surface area contributed by atoms with Crippen molar-refractivity contribution in [3.05, 3.63) is 76.6 Å². The first-order chi connectivity index (χ1) is 15.7. The molecule has 0 spiro atoms. The Labute approximate surface area is 188 Å². The van der Waals surface area contributed by atoms with E-state index in [9.17, 15) is 9.59 Å². The van der Waals surface area contributed by atoms with Crippen molar-refractivity contribution in [1.82, 2.24) is 15.2 Å². The summed E-state index contributed by atoms with van der Waals surface area (Å²) in [6.45, 7) is 0.531. The van der Waals surface area contributed by atoms with Crippen LogP contribution in [0.25, 0.3) is 21.7 Å². The van der Waals surface area contributed by atoms with Crippen molar-refractivity contribution in [2.45, 2.75) is 25.2 Å². The summed E-state index contributed by atoms with van der Waals surface area (Å²) in [4.78, 5) is 33.3. The molecule has 1 N–H and O–H groups in total. The normalized spacial score (nSPS) is 15.1. The molecule has 7 heteroatoms. The van der Waals surface area contributed by atoms with Gasteiger partial charge in [-0.25, -0.2) is 4.98 Å². The fraction of sp³-hybridized carbons (Fsp3) is 0.200. The number of aromatic nitrogens is 3. The van der Waals surface area contributed by atoms with Crippen LogP contribution in [0.5, 0.6) is 0 Å². The number of carbonyl (C=O) groups excluding carboxylic acids is 2. The van der Waals surface area contributed by atoms with Crippen LogP contribution in [0.3, 0.4) is 0 Å². The monoisotopic (exact) mass is 440 g/mol. The van der Waals surface area contributed by atoms with Gasteiger partial charge < -0.3 is 4.90 Å². The first-order valence-electron chi connectivity index (χ1n) is 10.7. The Morgan fingerprint density at radius 2 is 2.00 bits per heavy atom. The van der Waals surface area contributed by atoms with E-state index in [-0.39, 0.29) is 5.91 Å². The zero-order chi connectivity index (χ0) is 21.7. The lowest BCUT2D eigenvalue weighted by molar-refractivity contribution is 0.0982. The molecular formula is C25H20N4O2S. The molecule has 1 amide bonds. The van der Waals surface area contributed by atoms with E-state index in [0.29, 0.717) is 29.5 Å². The van der Waals surface area contributed by atoms with Gasteiger partial charge >= 0.3 is 0 Å². The molecule has 0 bridgehead atoms. The highest BCUT2D eigenvalue weighted by molar-refractivity contribution is 7.17. The third-order valence-corrected chi connectivity index (χ3v) is 7.27. The predicted molar refractivity (Wildman–Crippen MR) is 124 cm³/mol. The van der Waals surface area contributed by atoms with Gasteiger partial charge in [0.2, 0.25) is 0 Å². The van der Waals surface area contributed by atoms with Crippen LogP contribution in [0.4, 0.5) is 5.69 Å². The Kier molecular flexibility index (Phi) is 4.50. The summed E-state index contributed by atoms with van der Waals surface area (Å²) < 4.78 is 0. The first-order valence-corrected chi connectivity index (χ1v) is 11.5. The van der Waals surface area contributed by atoms with Crippen molar-refractivity contribution in [1.29, 1.82) is 0 Å². The summed E-state index contributed by atoms with van der Waals surface area (Å²) in [5.41, 5.74) is 6.20. The average Bonchev–Trinajstić information content (AvgIpc) is 3.45. The van der Waals surface area contributed by atoms with Gasteiger partial charge in [0.1, 0.15) is 5.69 Å². The van der Waals surface area contributed by atoms with Crippen LogP contribution in [0.15, 0.2) is 54.7 Å². The fourth-order valence-corrected chi connectivity index (χ4v) is 5.47. The molecule has 158 valence electrons. The minimum Gasteiger partial charge on any atom is -0.306 e. The van der Waals surface area contributed by atoms with Crippen molar-refractivity contribution in [3.63, 3.8) is 0 Å². The summed E-state index contributed by atoms with van der Waals surface area (Å²) in [5, 5.41) is 7.32. The Bertz CT molecular complexity index is 1350. The second kappa shape index (κ2) is 7.53. The second-order valence-corrected chi connectivity index (χ2v) is 9.31. The summed E-state index contributed by atoms with van der Waals surface area (Å²) >= 11 is 1.48. The number of pyridine rings is 1. The van der Waals surface area contributed by atoms with Gasteiger partial charge in [-0.05, 0) is 49.1 Å². The van der Waals surface area contributed by atoms with Crippen LogP contribution < -0.4 is 4.90 Å². The number of nitrogens with zero attached hydrogens (tertiary/aromatic N) is 3. The van der Waals surface area contributed by atoms with Crippen molar-refractivity contribution >= 4 is 29.2 Å². The number of thiophene rings is 1. The maximum absolute atomic E-state index is 13.7. The Morgan fingerprint density at radius 3 is 2.84 bits per heavy atom. The number of fused-ring (bicyclic) bond motifs is 3. The molecule has 32 heavy (non-hydrogen) atoms. The smallest absolute Gasteiger partial charge is 0.276 e. The van der Waals surface area contributed by atoms with Crippen LogP contribution in [0, 0.1) is 0 Å². The number of hydrogen-bond acceptors (Lipinski definition) is 5. The number of nitrogens with one attached hydrogen (secondary N) is 1. The largest absolute Gasteiger partial charge is 0.306 e. The molecule has 3 aromatic heterocycles. The second-order valence-electron chi connectivity index (χ2n) is 8.22. The first kappa shape index (κ1) is 19.1. The number of carbonyl (C=O) groups is 2. The molecule has 1 aliphatic carbocycles. The number of rotatable bonds is 4. The zero-order valence-electron chi connectivity index (χ0n) is 17.2. The summed E-state index contributed by atoms with van der Waals surface area (Å²) in [7, 11) is 0. The van der Waals surface area contributed by atoms with Crippen LogP contribution in [-0.4, -0.2) is 33.9 Å². The Hall–Kier alpha value is -3.58. The van der Waals surface area contributed by atoms with Crippen LogP contribution >= 0.6 is 11.3 Å². The molecular weight excluding hydrogens is 420 g/mol. The highest BCUT2D eigenvalue weighted by atomic mass is 32.1. The molecule has 6 nitrogen and oxygen atoms in total. The lowest BCUT2D eigenvalue weighted by Gasteiger charge is -2.22. The van der Waals surface area contributed by atoms with Gasteiger partial charge in [0.05, 0.1) is 22.5 Å². The molecule has 1 aliphatic heterocycles. The molecule has 0 radical (unpaired) electrons. The van der Waals surface area contributed by atoms with Gasteiger partial charge in [0, 0.05) is 34.2 Å². The number of para-hydroxylation sites is 1. The number of amides is 1. The number of hydrogen-bond donors (Lipinski definition) is 1. The molecule has 1 aromatic carbocycles. The zero-order valence-corrected chi connectivity index (χ0v) is 18.1. The fourth-order valence-electron chi connectivity index (χ4n) is 4.41. The van der Waals surface area contributed by atoms with Gasteiger partial charge in [-0.15, -0.1) is 11.3 Å². The van der Waals surface area contributed by atoms with Crippen LogP contribution in [-0.2, 0) is 6.42 Å². The predicted octanol–water partition coefficient (Wildman–Crippen LogP) is 5.09. The number of anilines is 1. The topological polar surface area (TPSA) is 79.0 Å². The molecule has 0 saturated heterocycles. The SMILES string of the molecule is O=Cc1cc2c(s1)-c1ccccc1N(C(=O)c1cccc(-c3cn[nH]c3C3CC3)n1)CC2. The van der Waals surface area contributed by atoms with Gasteiger partial charge in [-0.2, -0.15) is 5.10 Å². The number of H-pyrrole nitrogens is 1. The number of aromatic amines is 1. The molecule has 2 aliphatic rings. The highest BCUT2D eigenvalue weighted by Crippen LogP contribution is 2.43. The highest BCUT2D eigenvalue weighted by Gasteiger charge is 2.30. The molecule has 6 rings (SSSR count). The lowest BCUT2D eigenvalue weighted by atomic mass is 10.1. The Morgan fingerprint density at radius 1 is 1.12 bits per heavy atom.